The fraction of sp³-hybridized carbons (Fsp3) is 0.700. The van der Waals surface area contributed by atoms with Crippen molar-refractivity contribution < 1.29 is 32.9 Å². The van der Waals surface area contributed by atoms with Gasteiger partial charge in [-0.3, -0.25) is 13.9 Å². The molecule has 2 aromatic heterocycles. The molecule has 196 valence electrons. The molecule has 6 atom stereocenters. The van der Waals surface area contributed by atoms with E-state index < -0.39 is 44.3 Å². The van der Waals surface area contributed by atoms with Gasteiger partial charge in [0.2, 0.25) is 5.95 Å². The van der Waals surface area contributed by atoms with E-state index in [0.717, 1.165) is 0 Å². The van der Waals surface area contributed by atoms with E-state index in [9.17, 15) is 14.5 Å². The maximum Gasteiger partial charge on any atom is 0.323 e. The number of hydrogen-bond donors (Lipinski definition) is 3. The zero-order valence-corrected chi connectivity index (χ0v) is 21.6. The third-order valence-electron chi connectivity index (χ3n) is 5.64. The largest absolute Gasteiger partial charge is 0.462 e. The van der Waals surface area contributed by atoms with Crippen LogP contribution in [-0.2, 0) is 23.4 Å². The van der Waals surface area contributed by atoms with Gasteiger partial charge in [0.05, 0.1) is 19.0 Å². The van der Waals surface area contributed by atoms with Crippen LogP contribution in [0.2, 0.25) is 0 Å². The van der Waals surface area contributed by atoms with Crippen molar-refractivity contribution in [1.29, 1.82) is 0 Å². The molecule has 35 heavy (non-hydrogen) atoms. The van der Waals surface area contributed by atoms with Crippen LogP contribution < -0.4 is 15.7 Å². The highest BCUT2D eigenvalue weighted by Crippen LogP contribution is 2.43. The smallest absolute Gasteiger partial charge is 0.323 e. The van der Waals surface area contributed by atoms with E-state index in [4.69, 9.17) is 19.7 Å². The molecule has 0 aromatic carbocycles. The van der Waals surface area contributed by atoms with Crippen LogP contribution in [0.3, 0.4) is 0 Å². The first-order valence-electron chi connectivity index (χ1n) is 11.2. The molecule has 0 aliphatic carbocycles. The first kappa shape index (κ1) is 27.2. The molecule has 1 aliphatic rings. The van der Waals surface area contributed by atoms with E-state index in [-0.39, 0.29) is 24.3 Å². The number of alkyl halides is 1. The van der Waals surface area contributed by atoms with Crippen LogP contribution in [0.5, 0.6) is 0 Å². The molecular formula is C20H33FN7O6P. The Morgan fingerprint density at radius 2 is 2.14 bits per heavy atom. The van der Waals surface area contributed by atoms with Crippen molar-refractivity contribution in [3.8, 4) is 0 Å². The number of halogens is 1. The predicted octanol–water partition coefficient (Wildman–Crippen LogP) is 1.19. The Hall–Kier alpha value is -2.38. The van der Waals surface area contributed by atoms with E-state index in [1.54, 1.807) is 13.8 Å². The van der Waals surface area contributed by atoms with Crippen LogP contribution >= 0.6 is 8.18 Å². The van der Waals surface area contributed by atoms with Gasteiger partial charge in [0.15, 0.2) is 28.9 Å². The van der Waals surface area contributed by atoms with Crippen LogP contribution in [0.15, 0.2) is 6.33 Å². The number of imidazole rings is 1. The highest BCUT2D eigenvalue weighted by molar-refractivity contribution is 7.36. The number of aliphatic hydroxyl groups excluding tert-OH is 1. The standard InChI is InChI=1S/C20H33FN7O6P/c1-7-27(6)15-13-16(25-19(22)24-15)28(9-23-13)18-20(5,21)14(29)12(34-18)8-32-35(31)26-11(4)17(30)33-10(2)3/h9-12,14,18,29,35H,7-8H2,1-6H3,(H,26,31)(H2,22,24,25)/t11-,12?,14+,18+,20+/m0/s1. The number of rotatable bonds is 10. The number of fused-ring (bicyclic) bond motifs is 1. The molecule has 0 bridgehead atoms. The number of hydrogen-bond acceptors (Lipinski definition) is 11. The Kier molecular flexibility index (Phi) is 8.32. The van der Waals surface area contributed by atoms with E-state index in [1.807, 2.05) is 18.9 Å². The summed E-state index contributed by atoms with van der Waals surface area (Å²) in [5.41, 5.74) is 4.24. The summed E-state index contributed by atoms with van der Waals surface area (Å²) in [6, 6.07) is -0.879. The van der Waals surface area contributed by atoms with Gasteiger partial charge in [-0.1, -0.05) is 0 Å². The number of aromatic nitrogens is 4. The monoisotopic (exact) mass is 517 g/mol. The summed E-state index contributed by atoms with van der Waals surface area (Å²) in [7, 11) is -1.11. The third kappa shape index (κ3) is 5.72. The van der Waals surface area contributed by atoms with Gasteiger partial charge in [0.25, 0.3) is 8.18 Å². The normalized spacial score (nSPS) is 26.3. The lowest BCUT2D eigenvalue weighted by Crippen LogP contribution is -2.40. The van der Waals surface area contributed by atoms with Gasteiger partial charge in [-0.15, -0.1) is 0 Å². The summed E-state index contributed by atoms with van der Waals surface area (Å²) >= 11 is 0. The minimum absolute atomic E-state index is 0.0247. The molecule has 0 spiro atoms. The van der Waals surface area contributed by atoms with Crippen LogP contribution in [0.4, 0.5) is 16.2 Å². The molecule has 0 radical (unpaired) electrons. The van der Waals surface area contributed by atoms with Crippen molar-refractivity contribution in [2.45, 2.75) is 70.9 Å². The van der Waals surface area contributed by atoms with Gasteiger partial charge in [-0.25, -0.2) is 14.5 Å². The van der Waals surface area contributed by atoms with E-state index >= 15 is 4.39 Å². The SMILES string of the molecule is CCN(C)c1nc(N)nc2c1ncn2[C@@H]1OC(CO[PH](=O)N[C@@H](C)C(=O)OC(C)C)[C@@H](O)[C@@]1(C)F. The molecule has 3 heterocycles. The molecule has 13 nitrogen and oxygen atoms in total. The highest BCUT2D eigenvalue weighted by Gasteiger charge is 2.55. The fourth-order valence-electron chi connectivity index (χ4n) is 3.63. The fourth-order valence-corrected chi connectivity index (χ4v) is 4.50. The second-order valence-electron chi connectivity index (χ2n) is 8.82. The lowest BCUT2D eigenvalue weighted by molar-refractivity contribution is -0.149. The van der Waals surface area contributed by atoms with Crippen LogP contribution in [0.1, 0.15) is 40.8 Å². The summed E-state index contributed by atoms with van der Waals surface area (Å²) in [5, 5.41) is 13.1. The van der Waals surface area contributed by atoms with E-state index in [0.29, 0.717) is 17.9 Å². The van der Waals surface area contributed by atoms with Crippen molar-refractivity contribution in [3.05, 3.63) is 6.33 Å². The van der Waals surface area contributed by atoms with Crippen LogP contribution in [0.25, 0.3) is 11.2 Å². The number of nitrogens with two attached hydrogens (primary N) is 1. The second kappa shape index (κ2) is 10.7. The van der Waals surface area contributed by atoms with Crippen LogP contribution in [0, 0.1) is 0 Å². The molecule has 0 amide bonds. The summed E-state index contributed by atoms with van der Waals surface area (Å²) in [4.78, 5) is 26.4. The third-order valence-corrected chi connectivity index (χ3v) is 6.74. The van der Waals surface area contributed by atoms with Gasteiger partial charge in [0, 0.05) is 13.6 Å². The summed E-state index contributed by atoms with van der Waals surface area (Å²) in [6.45, 7) is 8.21. The number of esters is 1. The first-order valence-corrected chi connectivity index (χ1v) is 12.6. The number of nitrogens with zero attached hydrogens (tertiary/aromatic N) is 5. The number of nitrogen functional groups attached to an aromatic ring is 1. The molecule has 1 saturated heterocycles. The molecule has 15 heteroatoms. The maximum absolute atomic E-state index is 15.7. The summed E-state index contributed by atoms with van der Waals surface area (Å²) in [5.74, 6) is -0.136. The average molecular weight is 517 g/mol. The van der Waals surface area contributed by atoms with Gasteiger partial charge < -0.3 is 29.7 Å². The Bertz CT molecular complexity index is 1080. The van der Waals surface area contributed by atoms with Crippen molar-refractivity contribution in [1.82, 2.24) is 24.6 Å². The quantitative estimate of drug-likeness (QED) is 0.305. The molecule has 3 rings (SSSR count). The minimum Gasteiger partial charge on any atom is -0.462 e. The van der Waals surface area contributed by atoms with Gasteiger partial charge in [-0.2, -0.15) is 9.97 Å². The van der Waals surface area contributed by atoms with Gasteiger partial charge in [0.1, 0.15) is 18.2 Å². The lowest BCUT2D eigenvalue weighted by atomic mass is 9.98. The number of ether oxygens (including phenoxy) is 2. The number of carbonyl (C=O) groups is 1. The minimum atomic E-state index is -2.92. The summed E-state index contributed by atoms with van der Waals surface area (Å²) < 4.78 is 45.4. The Labute approximate surface area is 203 Å². The average Bonchev–Trinajstić information content (AvgIpc) is 3.28. The van der Waals surface area contributed by atoms with Gasteiger partial charge >= 0.3 is 5.97 Å². The Morgan fingerprint density at radius 1 is 1.46 bits per heavy atom. The number of anilines is 2. The van der Waals surface area contributed by atoms with Gasteiger partial charge in [-0.05, 0) is 34.6 Å². The highest BCUT2D eigenvalue weighted by atomic mass is 31.1. The Balaban J connectivity index is 1.74. The first-order chi connectivity index (χ1) is 16.4. The van der Waals surface area contributed by atoms with Crippen molar-refractivity contribution >= 4 is 37.1 Å². The molecule has 2 unspecified atom stereocenters. The van der Waals surface area contributed by atoms with E-state index in [2.05, 4.69) is 20.0 Å². The molecule has 1 aliphatic heterocycles. The number of nitrogens with one attached hydrogen (secondary N) is 1. The topological polar surface area (TPSA) is 167 Å². The molecule has 0 saturated carbocycles. The zero-order chi connectivity index (χ0) is 26.1. The molecule has 4 N–H and O–H groups in total. The zero-order valence-electron chi connectivity index (χ0n) is 20.6. The van der Waals surface area contributed by atoms with Crippen LogP contribution in [-0.4, -0.2) is 80.8 Å². The van der Waals surface area contributed by atoms with E-state index in [1.165, 1.54) is 24.7 Å². The molecular weight excluding hydrogens is 484 g/mol. The van der Waals surface area contributed by atoms with Crippen molar-refractivity contribution in [3.63, 3.8) is 0 Å². The van der Waals surface area contributed by atoms with Crippen molar-refractivity contribution in [2.24, 2.45) is 0 Å². The maximum atomic E-state index is 15.7. The number of carbonyl (C=O) groups excluding carboxylic acids is 1. The predicted molar refractivity (Wildman–Crippen MR) is 127 cm³/mol. The molecule has 2 aromatic rings. The number of aliphatic hydroxyl groups is 1. The second-order valence-corrected chi connectivity index (χ2v) is 9.97. The molecule has 1 fully saturated rings. The Morgan fingerprint density at radius 3 is 2.77 bits per heavy atom. The van der Waals surface area contributed by atoms with Crippen molar-refractivity contribution in [2.75, 3.05) is 30.8 Å². The summed E-state index contributed by atoms with van der Waals surface area (Å²) in [6.07, 6.45) is -3.07. The lowest BCUT2D eigenvalue weighted by Gasteiger charge is -2.24.